The molecule has 0 spiro atoms. The van der Waals surface area contributed by atoms with Gasteiger partial charge in [-0.25, -0.2) is 4.79 Å². The number of carbonyl (C=O) groups excluding carboxylic acids is 3. The molecule has 1 aromatic carbocycles. The topological polar surface area (TPSA) is 90.5 Å². The van der Waals surface area contributed by atoms with Crippen molar-refractivity contribution in [1.82, 2.24) is 15.5 Å². The number of rotatable bonds is 7. The number of para-hydroxylation sites is 1. The zero-order valence-electron chi connectivity index (χ0n) is 17.9. The summed E-state index contributed by atoms with van der Waals surface area (Å²) in [5.41, 5.74) is 0.673. The molecule has 0 aromatic heterocycles. The molecule has 1 aliphatic rings. The zero-order valence-corrected chi connectivity index (χ0v) is 17.9. The van der Waals surface area contributed by atoms with Gasteiger partial charge in [-0.3, -0.25) is 9.59 Å². The van der Waals surface area contributed by atoms with Crippen LogP contribution < -0.4 is 16.0 Å². The first-order chi connectivity index (χ1) is 13.8. The van der Waals surface area contributed by atoms with Gasteiger partial charge in [-0.1, -0.05) is 45.9 Å². The van der Waals surface area contributed by atoms with Gasteiger partial charge in [-0.2, -0.15) is 0 Å². The third-order valence-corrected chi connectivity index (χ3v) is 5.04. The molecule has 1 atom stereocenters. The van der Waals surface area contributed by atoms with E-state index in [9.17, 15) is 14.4 Å². The molecular weight excluding hydrogens is 368 g/mol. The summed E-state index contributed by atoms with van der Waals surface area (Å²) in [6, 6.07) is 8.11. The highest BCUT2D eigenvalue weighted by molar-refractivity contribution is 5.93. The van der Waals surface area contributed by atoms with E-state index in [2.05, 4.69) is 16.0 Å². The van der Waals surface area contributed by atoms with Crippen LogP contribution >= 0.6 is 0 Å². The number of nitrogens with one attached hydrogen (secondary N) is 3. The van der Waals surface area contributed by atoms with Gasteiger partial charge in [0.1, 0.15) is 6.04 Å². The van der Waals surface area contributed by atoms with Crippen molar-refractivity contribution >= 4 is 23.5 Å². The maximum atomic E-state index is 12.8. The Labute approximate surface area is 173 Å². The summed E-state index contributed by atoms with van der Waals surface area (Å²) >= 11 is 0. The summed E-state index contributed by atoms with van der Waals surface area (Å²) < 4.78 is 0. The largest absolute Gasteiger partial charge is 0.351 e. The molecule has 1 unspecified atom stereocenters. The standard InChI is InChI=1S/C22H34N4O3/c1-15(2)14-19(27)26-12-10-18(11-13-26)23-21(28)20(16(3)4)25-22(29)24-17-8-6-5-7-9-17/h5-9,15-16,18,20H,10-14H2,1-4H3,(H,23,28)(H2,24,25,29). The van der Waals surface area contributed by atoms with Crippen LogP contribution in [0.2, 0.25) is 0 Å². The minimum Gasteiger partial charge on any atom is -0.351 e. The minimum atomic E-state index is -0.626. The Balaban J connectivity index is 1.83. The van der Waals surface area contributed by atoms with Crippen LogP contribution in [0.1, 0.15) is 47.0 Å². The molecule has 0 radical (unpaired) electrons. The lowest BCUT2D eigenvalue weighted by atomic mass is 10.00. The average Bonchev–Trinajstić information content (AvgIpc) is 2.66. The molecule has 160 valence electrons. The van der Waals surface area contributed by atoms with Gasteiger partial charge in [0, 0.05) is 31.2 Å². The summed E-state index contributed by atoms with van der Waals surface area (Å²) in [5, 5.41) is 8.57. The molecule has 7 heteroatoms. The lowest BCUT2D eigenvalue weighted by Gasteiger charge is -2.34. The molecule has 2 rings (SSSR count). The van der Waals surface area contributed by atoms with E-state index in [1.54, 1.807) is 12.1 Å². The molecule has 1 aliphatic heterocycles. The predicted octanol–water partition coefficient (Wildman–Crippen LogP) is 2.99. The second kappa shape index (κ2) is 10.8. The number of amides is 4. The monoisotopic (exact) mass is 402 g/mol. The number of urea groups is 1. The fraction of sp³-hybridized carbons (Fsp3) is 0.591. The zero-order chi connectivity index (χ0) is 21.4. The van der Waals surface area contributed by atoms with Crippen LogP contribution in [0.4, 0.5) is 10.5 Å². The smallest absolute Gasteiger partial charge is 0.319 e. The van der Waals surface area contributed by atoms with Crippen molar-refractivity contribution in [2.45, 2.75) is 59.0 Å². The molecular formula is C22H34N4O3. The van der Waals surface area contributed by atoms with Gasteiger partial charge >= 0.3 is 6.03 Å². The van der Waals surface area contributed by atoms with E-state index in [4.69, 9.17) is 0 Å². The number of anilines is 1. The van der Waals surface area contributed by atoms with Gasteiger partial charge in [0.15, 0.2) is 0 Å². The molecule has 1 fully saturated rings. The molecule has 0 saturated carbocycles. The molecule has 1 saturated heterocycles. The highest BCUT2D eigenvalue weighted by Gasteiger charge is 2.29. The molecule has 1 heterocycles. The third-order valence-electron chi connectivity index (χ3n) is 5.04. The molecule has 4 amide bonds. The Morgan fingerprint density at radius 2 is 1.66 bits per heavy atom. The van der Waals surface area contributed by atoms with E-state index in [1.807, 2.05) is 50.8 Å². The predicted molar refractivity (Wildman–Crippen MR) is 114 cm³/mol. The minimum absolute atomic E-state index is 0.0193. The SMILES string of the molecule is CC(C)CC(=O)N1CCC(NC(=O)C(NC(=O)Nc2ccccc2)C(C)C)CC1. The lowest BCUT2D eigenvalue weighted by molar-refractivity contribution is -0.133. The maximum absolute atomic E-state index is 12.8. The average molecular weight is 403 g/mol. The van der Waals surface area contributed by atoms with Gasteiger partial charge < -0.3 is 20.9 Å². The third kappa shape index (κ3) is 7.40. The van der Waals surface area contributed by atoms with Crippen LogP contribution in [0.5, 0.6) is 0 Å². The summed E-state index contributed by atoms with van der Waals surface area (Å²) in [4.78, 5) is 39.1. The fourth-order valence-electron chi connectivity index (χ4n) is 3.41. The van der Waals surface area contributed by atoms with Gasteiger partial charge in [-0.05, 0) is 36.8 Å². The molecule has 0 bridgehead atoms. The fourth-order valence-corrected chi connectivity index (χ4v) is 3.41. The van der Waals surface area contributed by atoms with Crippen molar-refractivity contribution in [1.29, 1.82) is 0 Å². The first kappa shape index (κ1) is 22.7. The summed E-state index contributed by atoms with van der Waals surface area (Å²) in [6.45, 7) is 9.20. The van der Waals surface area contributed by atoms with Crippen LogP contribution in [0.3, 0.4) is 0 Å². The van der Waals surface area contributed by atoms with Crippen molar-refractivity contribution in [2.75, 3.05) is 18.4 Å². The van der Waals surface area contributed by atoms with E-state index < -0.39 is 12.1 Å². The first-order valence-corrected chi connectivity index (χ1v) is 10.5. The van der Waals surface area contributed by atoms with Crippen molar-refractivity contribution in [3.8, 4) is 0 Å². The Hall–Kier alpha value is -2.57. The first-order valence-electron chi connectivity index (χ1n) is 10.5. The normalized spacial score (nSPS) is 15.9. The summed E-state index contributed by atoms with van der Waals surface area (Å²) in [7, 11) is 0. The molecule has 29 heavy (non-hydrogen) atoms. The number of hydrogen-bond donors (Lipinski definition) is 3. The van der Waals surface area contributed by atoms with E-state index in [0.717, 1.165) is 12.8 Å². The Morgan fingerprint density at radius 3 is 2.21 bits per heavy atom. The number of likely N-dealkylation sites (tertiary alicyclic amines) is 1. The highest BCUT2D eigenvalue weighted by Crippen LogP contribution is 2.14. The summed E-state index contributed by atoms with van der Waals surface area (Å²) in [6.07, 6.45) is 2.03. The molecule has 7 nitrogen and oxygen atoms in total. The maximum Gasteiger partial charge on any atom is 0.319 e. The second-order valence-corrected chi connectivity index (χ2v) is 8.45. The molecule has 3 N–H and O–H groups in total. The van der Waals surface area contributed by atoms with E-state index >= 15 is 0 Å². The van der Waals surface area contributed by atoms with E-state index in [0.29, 0.717) is 31.1 Å². The van der Waals surface area contributed by atoms with Crippen molar-refractivity contribution in [3.05, 3.63) is 30.3 Å². The Bertz CT molecular complexity index is 683. The highest BCUT2D eigenvalue weighted by atomic mass is 16.2. The number of hydrogen-bond acceptors (Lipinski definition) is 3. The van der Waals surface area contributed by atoms with Gasteiger partial charge in [-0.15, -0.1) is 0 Å². The number of nitrogens with zero attached hydrogens (tertiary/aromatic N) is 1. The van der Waals surface area contributed by atoms with Crippen LogP contribution in [0.25, 0.3) is 0 Å². The van der Waals surface area contributed by atoms with Crippen LogP contribution in [0.15, 0.2) is 30.3 Å². The summed E-state index contributed by atoms with van der Waals surface area (Å²) in [5.74, 6) is 0.295. The number of piperidine rings is 1. The van der Waals surface area contributed by atoms with Crippen molar-refractivity contribution < 1.29 is 14.4 Å². The van der Waals surface area contributed by atoms with Gasteiger partial charge in [0.25, 0.3) is 0 Å². The van der Waals surface area contributed by atoms with E-state index in [1.165, 1.54) is 0 Å². The Kier molecular flexibility index (Phi) is 8.49. The number of carbonyl (C=O) groups is 3. The van der Waals surface area contributed by atoms with Crippen LogP contribution in [-0.4, -0.2) is 47.9 Å². The Morgan fingerprint density at radius 1 is 1.03 bits per heavy atom. The van der Waals surface area contributed by atoms with Gasteiger partial charge in [0.2, 0.25) is 11.8 Å². The second-order valence-electron chi connectivity index (χ2n) is 8.45. The van der Waals surface area contributed by atoms with Crippen molar-refractivity contribution in [3.63, 3.8) is 0 Å². The van der Waals surface area contributed by atoms with Crippen LogP contribution in [-0.2, 0) is 9.59 Å². The quantitative estimate of drug-likeness (QED) is 0.655. The van der Waals surface area contributed by atoms with Crippen molar-refractivity contribution in [2.24, 2.45) is 11.8 Å². The number of benzene rings is 1. The molecule has 1 aromatic rings. The lowest BCUT2D eigenvalue weighted by Crippen LogP contribution is -2.55. The van der Waals surface area contributed by atoms with Crippen LogP contribution in [0, 0.1) is 11.8 Å². The molecule has 0 aliphatic carbocycles. The van der Waals surface area contributed by atoms with E-state index in [-0.39, 0.29) is 23.8 Å². The van der Waals surface area contributed by atoms with Gasteiger partial charge in [0.05, 0.1) is 0 Å².